The molecule has 0 saturated carbocycles. The van der Waals surface area contributed by atoms with E-state index in [1.165, 1.54) is 11.3 Å². The third-order valence-corrected chi connectivity index (χ3v) is 9.27. The highest BCUT2D eigenvalue weighted by Gasteiger charge is 2.28. The third-order valence-electron chi connectivity index (χ3n) is 6.11. The van der Waals surface area contributed by atoms with Crippen molar-refractivity contribution in [3.63, 3.8) is 0 Å². The van der Waals surface area contributed by atoms with Crippen LogP contribution in [0.3, 0.4) is 0 Å². The van der Waals surface area contributed by atoms with Gasteiger partial charge in [0.05, 0.1) is 12.4 Å². The van der Waals surface area contributed by atoms with Gasteiger partial charge in [-0.25, -0.2) is 17.5 Å². The first-order valence-corrected chi connectivity index (χ1v) is 14.1. The lowest BCUT2D eigenvalue weighted by molar-refractivity contribution is 0.0529. The van der Waals surface area contributed by atoms with Crippen molar-refractivity contribution in [1.82, 2.24) is 4.31 Å². The molecule has 9 heteroatoms. The van der Waals surface area contributed by atoms with Crippen molar-refractivity contribution in [3.05, 3.63) is 70.6 Å². The van der Waals surface area contributed by atoms with Crippen LogP contribution in [0.4, 0.5) is 5.69 Å². The number of aromatic hydroxyl groups is 1. The number of hydrogen-bond acceptors (Lipinski definition) is 7. The Kier molecular flexibility index (Phi) is 7.78. The van der Waals surface area contributed by atoms with Gasteiger partial charge in [0.2, 0.25) is 10.0 Å². The van der Waals surface area contributed by atoms with E-state index >= 15 is 0 Å². The number of benzene rings is 2. The van der Waals surface area contributed by atoms with Gasteiger partial charge < -0.3 is 15.2 Å². The van der Waals surface area contributed by atoms with E-state index < -0.39 is 16.0 Å². The Morgan fingerprint density at radius 2 is 1.86 bits per heavy atom. The molecule has 0 bridgehead atoms. The molecule has 35 heavy (non-hydrogen) atoms. The van der Waals surface area contributed by atoms with Crippen LogP contribution in [0.5, 0.6) is 5.75 Å². The summed E-state index contributed by atoms with van der Waals surface area (Å²) in [6.45, 7) is 4.72. The maximum Gasteiger partial charge on any atom is 0.352 e. The molecule has 0 unspecified atom stereocenters. The maximum atomic E-state index is 12.8. The molecule has 1 aliphatic rings. The van der Waals surface area contributed by atoms with E-state index in [9.17, 15) is 18.3 Å². The average Bonchev–Trinajstić information content (AvgIpc) is 3.14. The number of hydrogen-bond donors (Lipinski definition) is 2. The molecule has 0 spiro atoms. The number of piperidine rings is 1. The summed E-state index contributed by atoms with van der Waals surface area (Å²) in [4.78, 5) is 13.2. The van der Waals surface area contributed by atoms with Crippen LogP contribution in [0.2, 0.25) is 0 Å². The fraction of sp³-hybridized carbons (Fsp3) is 0.346. The van der Waals surface area contributed by atoms with Gasteiger partial charge in [0, 0.05) is 35.3 Å². The van der Waals surface area contributed by atoms with Crippen molar-refractivity contribution in [2.45, 2.75) is 38.5 Å². The molecular formula is C26H30N2O5S2. The molecule has 1 fully saturated rings. The summed E-state index contributed by atoms with van der Waals surface area (Å²) in [7, 11) is -3.35. The second-order valence-electron chi connectivity index (χ2n) is 8.59. The van der Waals surface area contributed by atoms with Crippen LogP contribution in [0.15, 0.2) is 54.6 Å². The first-order chi connectivity index (χ1) is 16.8. The van der Waals surface area contributed by atoms with Gasteiger partial charge in [0.15, 0.2) is 4.88 Å². The second kappa shape index (κ2) is 10.8. The fourth-order valence-corrected chi connectivity index (χ4v) is 6.91. The molecule has 1 aliphatic heterocycles. The van der Waals surface area contributed by atoms with Gasteiger partial charge in [0.1, 0.15) is 5.75 Å². The van der Waals surface area contributed by atoms with Gasteiger partial charge in [0.25, 0.3) is 0 Å². The number of rotatable bonds is 8. The zero-order chi connectivity index (χ0) is 25.0. The number of carbonyl (C=O) groups excluding carboxylic acids is 1. The lowest BCUT2D eigenvalue weighted by Crippen LogP contribution is -2.42. The van der Waals surface area contributed by atoms with E-state index in [1.807, 2.05) is 54.6 Å². The van der Waals surface area contributed by atoms with Crippen LogP contribution in [0, 0.1) is 6.92 Å². The average molecular weight is 515 g/mol. The summed E-state index contributed by atoms with van der Waals surface area (Å²) >= 11 is 1.22. The van der Waals surface area contributed by atoms with Gasteiger partial charge in [-0.05, 0) is 49.9 Å². The van der Waals surface area contributed by atoms with Crippen molar-refractivity contribution in [3.8, 4) is 16.2 Å². The number of nitrogens with zero attached hydrogens (tertiary/aromatic N) is 1. The Balaban J connectivity index is 1.41. The van der Waals surface area contributed by atoms with Crippen LogP contribution in [-0.4, -0.2) is 49.5 Å². The number of esters is 1. The fourth-order valence-electron chi connectivity index (χ4n) is 4.26. The minimum atomic E-state index is -3.35. The van der Waals surface area contributed by atoms with Crippen LogP contribution < -0.4 is 5.32 Å². The van der Waals surface area contributed by atoms with Crippen molar-refractivity contribution >= 4 is 33.0 Å². The maximum absolute atomic E-state index is 12.8. The molecule has 1 aromatic heterocycles. The highest BCUT2D eigenvalue weighted by Crippen LogP contribution is 2.41. The first kappa shape index (κ1) is 25.2. The summed E-state index contributed by atoms with van der Waals surface area (Å²) < 4.78 is 32.3. The quantitative estimate of drug-likeness (QED) is 0.410. The Morgan fingerprint density at radius 3 is 2.54 bits per heavy atom. The summed E-state index contributed by atoms with van der Waals surface area (Å²) in [6, 6.07) is 17.2. The first-order valence-electron chi connectivity index (χ1n) is 11.7. The lowest BCUT2D eigenvalue weighted by Gasteiger charge is -2.32. The summed E-state index contributed by atoms with van der Waals surface area (Å²) in [5.74, 6) is -0.534. The SMILES string of the molecule is CCOC(=O)c1sc(-c2cccc(NC3CCN(S(=O)(=O)Cc4ccccc4)CC3)c2)c(C)c1O. The third kappa shape index (κ3) is 5.86. The molecule has 0 atom stereocenters. The molecule has 7 nitrogen and oxygen atoms in total. The summed E-state index contributed by atoms with van der Waals surface area (Å²) in [6.07, 6.45) is 1.42. The largest absolute Gasteiger partial charge is 0.506 e. The van der Waals surface area contributed by atoms with Gasteiger partial charge >= 0.3 is 5.97 Å². The summed E-state index contributed by atoms with van der Waals surface area (Å²) in [5, 5.41) is 14.0. The van der Waals surface area contributed by atoms with Crippen LogP contribution >= 0.6 is 11.3 Å². The highest BCUT2D eigenvalue weighted by molar-refractivity contribution is 7.88. The predicted molar refractivity (Wildman–Crippen MR) is 139 cm³/mol. The van der Waals surface area contributed by atoms with Crippen LogP contribution in [0.1, 0.15) is 40.6 Å². The normalized spacial score (nSPS) is 15.1. The number of nitrogens with one attached hydrogen (secondary N) is 1. The second-order valence-corrected chi connectivity index (χ2v) is 11.6. The number of anilines is 1. The predicted octanol–water partition coefficient (Wildman–Crippen LogP) is 5.01. The zero-order valence-corrected chi connectivity index (χ0v) is 21.5. The zero-order valence-electron chi connectivity index (χ0n) is 19.9. The lowest BCUT2D eigenvalue weighted by atomic mass is 10.1. The number of sulfonamides is 1. The molecule has 2 heterocycles. The molecule has 2 N–H and O–H groups in total. The number of ether oxygens (including phenoxy) is 1. The van der Waals surface area contributed by atoms with Crippen molar-refractivity contribution in [1.29, 1.82) is 0 Å². The molecular weight excluding hydrogens is 484 g/mol. The van der Waals surface area contributed by atoms with Crippen molar-refractivity contribution in [2.24, 2.45) is 0 Å². The standard InChI is InChI=1S/C26H30N2O5S2/c1-3-33-26(30)25-23(29)18(2)24(34-25)20-10-7-11-22(16-20)27-21-12-14-28(15-13-21)35(31,32)17-19-8-5-4-6-9-19/h4-11,16,21,27,29H,3,12-15,17H2,1-2H3. The van der Waals surface area contributed by atoms with E-state index in [0.717, 1.165) is 21.7 Å². The molecule has 186 valence electrons. The topological polar surface area (TPSA) is 95.9 Å². The van der Waals surface area contributed by atoms with Gasteiger partial charge in [-0.3, -0.25) is 0 Å². The Hall–Kier alpha value is -2.88. The highest BCUT2D eigenvalue weighted by atomic mass is 32.2. The monoisotopic (exact) mass is 514 g/mol. The van der Waals surface area contributed by atoms with E-state index in [4.69, 9.17) is 4.74 Å². The van der Waals surface area contributed by atoms with E-state index in [0.29, 0.717) is 31.5 Å². The van der Waals surface area contributed by atoms with Gasteiger partial charge in [-0.15, -0.1) is 11.3 Å². The minimum absolute atomic E-state index is 0.0226. The van der Waals surface area contributed by atoms with Crippen LogP contribution in [0.25, 0.3) is 10.4 Å². The number of thiophene rings is 1. The molecule has 0 aliphatic carbocycles. The molecule has 2 aromatic carbocycles. The Labute approximate surface area is 210 Å². The van der Waals surface area contributed by atoms with E-state index in [1.54, 1.807) is 18.2 Å². The molecule has 4 rings (SSSR count). The Bertz CT molecular complexity index is 1280. The van der Waals surface area contributed by atoms with Gasteiger partial charge in [-0.2, -0.15) is 0 Å². The van der Waals surface area contributed by atoms with E-state index in [-0.39, 0.29) is 29.0 Å². The smallest absolute Gasteiger partial charge is 0.352 e. The van der Waals surface area contributed by atoms with Crippen molar-refractivity contribution < 1.29 is 23.1 Å². The Morgan fingerprint density at radius 1 is 1.14 bits per heavy atom. The molecule has 1 saturated heterocycles. The van der Waals surface area contributed by atoms with E-state index in [2.05, 4.69) is 5.32 Å². The molecule has 0 amide bonds. The summed E-state index contributed by atoms with van der Waals surface area (Å²) in [5.41, 5.74) is 3.25. The molecule has 3 aromatic rings. The number of carbonyl (C=O) groups is 1. The van der Waals surface area contributed by atoms with Crippen molar-refractivity contribution in [2.75, 3.05) is 25.0 Å². The minimum Gasteiger partial charge on any atom is -0.506 e. The van der Waals surface area contributed by atoms with Gasteiger partial charge in [-0.1, -0.05) is 42.5 Å². The van der Waals surface area contributed by atoms with Crippen LogP contribution in [-0.2, 0) is 20.5 Å². The molecule has 0 radical (unpaired) electrons.